The van der Waals surface area contributed by atoms with E-state index >= 15 is 0 Å². The lowest BCUT2D eigenvalue weighted by Gasteiger charge is -2.07. The fourth-order valence-corrected chi connectivity index (χ4v) is 2.86. The van der Waals surface area contributed by atoms with Gasteiger partial charge in [-0.1, -0.05) is 29.8 Å². The molecule has 0 bridgehead atoms. The number of rotatable bonds is 6. The number of hydrogen-bond donors (Lipinski definition) is 0. The first-order valence-electron chi connectivity index (χ1n) is 6.62. The van der Waals surface area contributed by atoms with Gasteiger partial charge in [-0.05, 0) is 30.7 Å². The van der Waals surface area contributed by atoms with Crippen molar-refractivity contribution in [3.8, 4) is 5.75 Å². The van der Waals surface area contributed by atoms with Gasteiger partial charge in [-0.2, -0.15) is 0 Å². The number of Topliss-reactive ketones (excluding diaryl/α,β-unsaturated/α-hetero) is 1. The molecule has 0 atom stereocenters. The molecule has 0 aliphatic rings. The van der Waals surface area contributed by atoms with Gasteiger partial charge in [0.05, 0.1) is 12.9 Å². The van der Waals surface area contributed by atoms with Gasteiger partial charge in [-0.25, -0.2) is 4.39 Å². The van der Waals surface area contributed by atoms with Crippen LogP contribution in [0.25, 0.3) is 0 Å². The predicted molar refractivity (Wildman–Crippen MR) is 83.6 cm³/mol. The zero-order chi connectivity index (χ0) is 15.2. The lowest BCUT2D eigenvalue weighted by molar-refractivity contribution is -0.116. The number of carbonyl (C=O) groups excluding carboxylic acids is 1. The lowest BCUT2D eigenvalue weighted by Crippen LogP contribution is -2.07. The van der Waals surface area contributed by atoms with Gasteiger partial charge >= 0.3 is 0 Å². The number of aryl methyl sites for hydroxylation is 1. The van der Waals surface area contributed by atoms with E-state index in [4.69, 9.17) is 4.74 Å². The number of ether oxygens (including phenoxy) is 1. The van der Waals surface area contributed by atoms with Gasteiger partial charge in [0.25, 0.3) is 0 Å². The zero-order valence-electron chi connectivity index (χ0n) is 12.1. The summed E-state index contributed by atoms with van der Waals surface area (Å²) in [6.07, 6.45) is 0.0852. The molecule has 0 spiro atoms. The molecule has 4 heteroatoms. The smallest absolute Gasteiger partial charge is 0.168 e. The van der Waals surface area contributed by atoms with E-state index < -0.39 is 5.82 Å². The minimum atomic E-state index is -0.450. The van der Waals surface area contributed by atoms with Gasteiger partial charge in [0, 0.05) is 11.3 Å². The van der Waals surface area contributed by atoms with Gasteiger partial charge in [-0.15, -0.1) is 11.8 Å². The number of carbonyl (C=O) groups is 1. The first kappa shape index (κ1) is 15.6. The Morgan fingerprint density at radius 3 is 2.71 bits per heavy atom. The molecule has 0 saturated heterocycles. The molecule has 2 rings (SSSR count). The standard InChI is InChI=1S/C17H17FO2S/c1-12-5-3-7-15(9-12)21-11-14(19)10-13-6-4-8-16(20-2)17(13)18/h3-9H,10-11H2,1-2H3. The van der Waals surface area contributed by atoms with Crippen LogP contribution in [-0.4, -0.2) is 18.6 Å². The number of hydrogen-bond acceptors (Lipinski definition) is 3. The quantitative estimate of drug-likeness (QED) is 0.753. The highest BCUT2D eigenvalue weighted by Crippen LogP contribution is 2.22. The van der Waals surface area contributed by atoms with E-state index in [-0.39, 0.29) is 18.0 Å². The summed E-state index contributed by atoms with van der Waals surface area (Å²) >= 11 is 1.47. The van der Waals surface area contributed by atoms with Crippen molar-refractivity contribution in [3.63, 3.8) is 0 Å². The van der Waals surface area contributed by atoms with Crippen LogP contribution in [-0.2, 0) is 11.2 Å². The maximum atomic E-state index is 14.0. The van der Waals surface area contributed by atoms with Crippen LogP contribution in [0, 0.1) is 12.7 Å². The molecule has 0 N–H and O–H groups in total. The Bertz CT molecular complexity index is 640. The Hall–Kier alpha value is -1.81. The highest BCUT2D eigenvalue weighted by Gasteiger charge is 2.12. The summed E-state index contributed by atoms with van der Waals surface area (Å²) in [5.74, 6) is 0.0503. The number of methoxy groups -OCH3 is 1. The molecular weight excluding hydrogens is 287 g/mol. The monoisotopic (exact) mass is 304 g/mol. The van der Waals surface area contributed by atoms with E-state index in [1.807, 2.05) is 31.2 Å². The predicted octanol–water partition coefficient (Wildman–Crippen LogP) is 4.05. The number of benzene rings is 2. The summed E-state index contributed by atoms with van der Waals surface area (Å²) in [4.78, 5) is 13.0. The summed E-state index contributed by atoms with van der Waals surface area (Å²) in [7, 11) is 1.41. The zero-order valence-corrected chi connectivity index (χ0v) is 12.9. The Balaban J connectivity index is 1.96. The third-order valence-corrected chi connectivity index (χ3v) is 4.09. The highest BCUT2D eigenvalue weighted by molar-refractivity contribution is 8.00. The van der Waals surface area contributed by atoms with Crippen molar-refractivity contribution in [1.82, 2.24) is 0 Å². The van der Waals surface area contributed by atoms with Crippen molar-refractivity contribution in [2.75, 3.05) is 12.9 Å². The molecule has 21 heavy (non-hydrogen) atoms. The van der Waals surface area contributed by atoms with Crippen molar-refractivity contribution < 1.29 is 13.9 Å². The van der Waals surface area contributed by atoms with Crippen LogP contribution >= 0.6 is 11.8 Å². The fourth-order valence-electron chi connectivity index (χ4n) is 1.98. The minimum absolute atomic E-state index is 0.00587. The molecule has 2 aromatic rings. The van der Waals surface area contributed by atoms with Crippen molar-refractivity contribution in [3.05, 3.63) is 59.4 Å². The average Bonchev–Trinajstić information content (AvgIpc) is 2.47. The van der Waals surface area contributed by atoms with Crippen molar-refractivity contribution in [2.45, 2.75) is 18.2 Å². The number of thioether (sulfide) groups is 1. The lowest BCUT2D eigenvalue weighted by atomic mass is 10.1. The molecule has 0 unspecified atom stereocenters. The molecule has 0 aliphatic carbocycles. The van der Waals surface area contributed by atoms with Crippen LogP contribution in [0.3, 0.4) is 0 Å². The fraction of sp³-hybridized carbons (Fsp3) is 0.235. The highest BCUT2D eigenvalue weighted by atomic mass is 32.2. The first-order chi connectivity index (χ1) is 10.1. The summed E-state index contributed by atoms with van der Waals surface area (Å²) in [5, 5.41) is 0. The van der Waals surface area contributed by atoms with E-state index in [0.717, 1.165) is 10.5 Å². The van der Waals surface area contributed by atoms with E-state index in [9.17, 15) is 9.18 Å². The molecule has 2 aromatic carbocycles. The average molecular weight is 304 g/mol. The maximum absolute atomic E-state index is 14.0. The second-order valence-corrected chi connectivity index (χ2v) is 5.80. The Labute approximate surface area is 128 Å². The number of halogens is 1. The summed E-state index contributed by atoms with van der Waals surface area (Å²) in [6.45, 7) is 2.01. The van der Waals surface area contributed by atoms with Crippen LogP contribution in [0.5, 0.6) is 5.75 Å². The summed E-state index contributed by atoms with van der Waals surface area (Å²) in [5.41, 5.74) is 1.54. The van der Waals surface area contributed by atoms with Crippen molar-refractivity contribution in [1.29, 1.82) is 0 Å². The van der Waals surface area contributed by atoms with Crippen LogP contribution < -0.4 is 4.74 Å². The third-order valence-electron chi connectivity index (χ3n) is 3.04. The molecule has 0 amide bonds. The van der Waals surface area contributed by atoms with Gasteiger partial charge in [-0.3, -0.25) is 4.79 Å². The summed E-state index contributed by atoms with van der Waals surface area (Å²) < 4.78 is 18.9. The molecule has 0 saturated carbocycles. The van der Waals surface area contributed by atoms with Crippen LogP contribution in [0.1, 0.15) is 11.1 Å². The molecule has 0 fully saturated rings. The molecule has 110 valence electrons. The molecule has 0 aromatic heterocycles. The van der Waals surface area contributed by atoms with Crippen molar-refractivity contribution in [2.24, 2.45) is 0 Å². The minimum Gasteiger partial charge on any atom is -0.494 e. The van der Waals surface area contributed by atoms with Gasteiger partial charge in [0.15, 0.2) is 11.6 Å². The normalized spacial score (nSPS) is 10.4. The molecule has 0 radical (unpaired) electrons. The Morgan fingerprint density at radius 1 is 1.24 bits per heavy atom. The second kappa shape index (κ2) is 7.27. The van der Waals surface area contributed by atoms with E-state index in [1.165, 1.54) is 18.9 Å². The molecule has 0 aliphatic heterocycles. The first-order valence-corrected chi connectivity index (χ1v) is 7.61. The van der Waals surface area contributed by atoms with Crippen LogP contribution in [0.2, 0.25) is 0 Å². The molecule has 2 nitrogen and oxygen atoms in total. The SMILES string of the molecule is COc1cccc(CC(=O)CSc2cccc(C)c2)c1F. The van der Waals surface area contributed by atoms with Crippen LogP contribution in [0.15, 0.2) is 47.4 Å². The van der Waals surface area contributed by atoms with Crippen LogP contribution in [0.4, 0.5) is 4.39 Å². The van der Waals surface area contributed by atoms with Crippen molar-refractivity contribution >= 4 is 17.5 Å². The largest absolute Gasteiger partial charge is 0.494 e. The molecular formula is C17H17FO2S. The number of ketones is 1. The summed E-state index contributed by atoms with van der Waals surface area (Å²) in [6, 6.07) is 12.8. The van der Waals surface area contributed by atoms with E-state index in [1.54, 1.807) is 18.2 Å². The van der Waals surface area contributed by atoms with Gasteiger partial charge in [0.1, 0.15) is 5.78 Å². The van der Waals surface area contributed by atoms with Gasteiger partial charge in [0.2, 0.25) is 0 Å². The van der Waals surface area contributed by atoms with E-state index in [0.29, 0.717) is 11.3 Å². The molecule has 0 heterocycles. The Morgan fingerprint density at radius 2 is 2.00 bits per heavy atom. The van der Waals surface area contributed by atoms with E-state index in [2.05, 4.69) is 0 Å². The second-order valence-electron chi connectivity index (χ2n) is 4.75. The van der Waals surface area contributed by atoms with Gasteiger partial charge < -0.3 is 4.74 Å². The third kappa shape index (κ3) is 4.33. The Kier molecular flexibility index (Phi) is 5.39. The maximum Gasteiger partial charge on any atom is 0.168 e. The topological polar surface area (TPSA) is 26.3 Å².